The zero-order chi connectivity index (χ0) is 18.2. The van der Waals surface area contributed by atoms with E-state index in [0.717, 1.165) is 48.5 Å². The molecule has 2 aromatic rings. The standard InChI is InChI=1S/C21H24N4O2/c26-21(19-16-5-2-1-4-14(16)8-11-27-19)25-10-7-17-15(13-25)12-23-20(24-17)18-6-3-9-22-18/h1-2,4-5,12,18-19,22H,3,6-11,13H2/t18-,19+/m0/s1. The van der Waals surface area contributed by atoms with E-state index in [9.17, 15) is 4.79 Å². The molecule has 1 fully saturated rings. The SMILES string of the molecule is O=C([C@@H]1OCCc2ccccc21)N1CCc2nc([C@@H]3CCCN3)ncc2C1. The molecule has 27 heavy (non-hydrogen) atoms. The van der Waals surface area contributed by atoms with Crippen molar-refractivity contribution in [1.82, 2.24) is 20.2 Å². The van der Waals surface area contributed by atoms with E-state index in [0.29, 0.717) is 19.7 Å². The van der Waals surface area contributed by atoms with Crippen LogP contribution < -0.4 is 5.32 Å². The lowest BCUT2D eigenvalue weighted by Crippen LogP contribution is -2.41. The van der Waals surface area contributed by atoms with Gasteiger partial charge in [-0.2, -0.15) is 0 Å². The van der Waals surface area contributed by atoms with Crippen LogP contribution in [-0.2, 0) is 28.9 Å². The Bertz CT molecular complexity index is 863. The Morgan fingerprint density at radius 2 is 2.15 bits per heavy atom. The largest absolute Gasteiger partial charge is 0.363 e. The number of fused-ring (bicyclic) bond motifs is 2. The van der Waals surface area contributed by atoms with Crippen molar-refractivity contribution in [3.63, 3.8) is 0 Å². The number of carbonyl (C=O) groups is 1. The third-order valence-corrected chi connectivity index (χ3v) is 5.85. The lowest BCUT2D eigenvalue weighted by atomic mass is 9.96. The third-order valence-electron chi connectivity index (χ3n) is 5.85. The monoisotopic (exact) mass is 364 g/mol. The van der Waals surface area contributed by atoms with Gasteiger partial charge in [0.05, 0.1) is 18.3 Å². The van der Waals surface area contributed by atoms with Gasteiger partial charge in [-0.25, -0.2) is 9.97 Å². The Kier molecular flexibility index (Phi) is 4.38. The first-order chi connectivity index (χ1) is 13.3. The molecule has 1 aromatic carbocycles. The van der Waals surface area contributed by atoms with E-state index in [1.54, 1.807) is 0 Å². The molecule has 140 valence electrons. The highest BCUT2D eigenvalue weighted by Crippen LogP contribution is 2.30. The fourth-order valence-corrected chi connectivity index (χ4v) is 4.36. The van der Waals surface area contributed by atoms with Gasteiger partial charge < -0.3 is 15.0 Å². The highest BCUT2D eigenvalue weighted by molar-refractivity contribution is 5.83. The maximum Gasteiger partial charge on any atom is 0.256 e. The van der Waals surface area contributed by atoms with E-state index in [1.165, 1.54) is 12.0 Å². The van der Waals surface area contributed by atoms with Crippen LogP contribution in [0, 0.1) is 0 Å². The molecule has 1 amide bonds. The summed E-state index contributed by atoms with van der Waals surface area (Å²) in [7, 11) is 0. The summed E-state index contributed by atoms with van der Waals surface area (Å²) in [4.78, 5) is 24.4. The molecule has 0 aliphatic carbocycles. The zero-order valence-electron chi connectivity index (χ0n) is 15.4. The fraction of sp³-hybridized carbons (Fsp3) is 0.476. The lowest BCUT2D eigenvalue weighted by molar-refractivity contribution is -0.146. The third kappa shape index (κ3) is 3.13. The highest BCUT2D eigenvalue weighted by Gasteiger charge is 2.33. The predicted octanol–water partition coefficient (Wildman–Crippen LogP) is 2.10. The van der Waals surface area contributed by atoms with Crippen LogP contribution in [0.2, 0.25) is 0 Å². The molecule has 6 nitrogen and oxygen atoms in total. The molecule has 3 aliphatic heterocycles. The van der Waals surface area contributed by atoms with E-state index in [1.807, 2.05) is 29.3 Å². The van der Waals surface area contributed by atoms with Gasteiger partial charge in [-0.15, -0.1) is 0 Å². The Balaban J connectivity index is 1.34. The second-order valence-corrected chi connectivity index (χ2v) is 7.56. The first-order valence-electron chi connectivity index (χ1n) is 9.86. The number of amides is 1. The minimum atomic E-state index is -0.487. The average Bonchev–Trinajstić information content (AvgIpc) is 3.27. The van der Waals surface area contributed by atoms with Crippen molar-refractivity contribution in [2.75, 3.05) is 19.7 Å². The van der Waals surface area contributed by atoms with E-state index in [4.69, 9.17) is 9.72 Å². The van der Waals surface area contributed by atoms with Crippen LogP contribution in [-0.4, -0.2) is 40.5 Å². The number of carbonyl (C=O) groups excluding carboxylic acids is 1. The summed E-state index contributed by atoms with van der Waals surface area (Å²) in [6.45, 7) is 2.88. The van der Waals surface area contributed by atoms with Crippen molar-refractivity contribution >= 4 is 5.91 Å². The summed E-state index contributed by atoms with van der Waals surface area (Å²) in [5.41, 5.74) is 4.37. The van der Waals surface area contributed by atoms with Gasteiger partial charge in [0.1, 0.15) is 5.82 Å². The van der Waals surface area contributed by atoms with Crippen molar-refractivity contribution in [3.05, 3.63) is 58.7 Å². The normalized spacial score (nSPS) is 24.4. The van der Waals surface area contributed by atoms with Crippen LogP contribution in [0.25, 0.3) is 0 Å². The molecule has 4 heterocycles. The zero-order valence-corrected chi connectivity index (χ0v) is 15.4. The summed E-state index contributed by atoms with van der Waals surface area (Å²) >= 11 is 0. The molecule has 1 aromatic heterocycles. The second-order valence-electron chi connectivity index (χ2n) is 7.56. The molecule has 0 unspecified atom stereocenters. The Hall–Kier alpha value is -2.31. The summed E-state index contributed by atoms with van der Waals surface area (Å²) < 4.78 is 5.86. The van der Waals surface area contributed by atoms with Crippen molar-refractivity contribution < 1.29 is 9.53 Å². The summed E-state index contributed by atoms with van der Waals surface area (Å²) in [6.07, 6.45) is 5.34. The molecule has 5 rings (SSSR count). The summed E-state index contributed by atoms with van der Waals surface area (Å²) in [5.74, 6) is 0.949. The van der Waals surface area contributed by atoms with E-state index in [2.05, 4.69) is 16.4 Å². The highest BCUT2D eigenvalue weighted by atomic mass is 16.5. The van der Waals surface area contributed by atoms with Gasteiger partial charge in [-0.1, -0.05) is 24.3 Å². The van der Waals surface area contributed by atoms with Gasteiger partial charge in [-0.3, -0.25) is 4.79 Å². The Morgan fingerprint density at radius 3 is 3.04 bits per heavy atom. The van der Waals surface area contributed by atoms with Gasteiger partial charge in [0.2, 0.25) is 0 Å². The molecule has 1 N–H and O–H groups in total. The molecule has 0 bridgehead atoms. The van der Waals surface area contributed by atoms with Gasteiger partial charge in [-0.05, 0) is 36.9 Å². The van der Waals surface area contributed by atoms with Crippen molar-refractivity contribution in [2.24, 2.45) is 0 Å². The number of rotatable bonds is 2. The van der Waals surface area contributed by atoms with Crippen LogP contribution in [0.1, 0.15) is 53.2 Å². The molecule has 1 saturated heterocycles. The van der Waals surface area contributed by atoms with E-state index < -0.39 is 6.10 Å². The first-order valence-corrected chi connectivity index (χ1v) is 9.86. The number of ether oxygens (including phenoxy) is 1. The number of aromatic nitrogens is 2. The van der Waals surface area contributed by atoms with Gasteiger partial charge in [0.25, 0.3) is 5.91 Å². The van der Waals surface area contributed by atoms with Crippen LogP contribution in [0.15, 0.2) is 30.5 Å². The van der Waals surface area contributed by atoms with Crippen LogP contribution in [0.5, 0.6) is 0 Å². The van der Waals surface area contributed by atoms with Crippen molar-refractivity contribution in [3.8, 4) is 0 Å². The van der Waals surface area contributed by atoms with Crippen LogP contribution in [0.4, 0.5) is 0 Å². The second kappa shape index (κ2) is 7.02. The van der Waals surface area contributed by atoms with Crippen molar-refractivity contribution in [2.45, 2.75) is 44.4 Å². The topological polar surface area (TPSA) is 67.3 Å². The maximum absolute atomic E-state index is 13.2. The summed E-state index contributed by atoms with van der Waals surface area (Å²) in [5, 5.41) is 3.45. The number of benzene rings is 1. The molecule has 6 heteroatoms. The first kappa shape index (κ1) is 16.8. The quantitative estimate of drug-likeness (QED) is 0.884. The van der Waals surface area contributed by atoms with Crippen LogP contribution >= 0.6 is 0 Å². The number of hydrogen-bond donors (Lipinski definition) is 1. The van der Waals surface area contributed by atoms with Gasteiger partial charge in [0, 0.05) is 31.3 Å². The molecular weight excluding hydrogens is 340 g/mol. The van der Waals surface area contributed by atoms with E-state index >= 15 is 0 Å². The number of hydrogen-bond acceptors (Lipinski definition) is 5. The molecule has 2 atom stereocenters. The molecule has 0 spiro atoms. The molecular formula is C21H24N4O2. The maximum atomic E-state index is 13.2. The number of nitrogens with zero attached hydrogens (tertiary/aromatic N) is 3. The Labute approximate surface area is 159 Å². The minimum Gasteiger partial charge on any atom is -0.363 e. The predicted molar refractivity (Wildman–Crippen MR) is 100.0 cm³/mol. The van der Waals surface area contributed by atoms with Crippen LogP contribution in [0.3, 0.4) is 0 Å². The number of nitrogens with one attached hydrogen (secondary N) is 1. The molecule has 0 radical (unpaired) electrons. The van der Waals surface area contributed by atoms with Gasteiger partial charge in [0.15, 0.2) is 6.10 Å². The van der Waals surface area contributed by atoms with E-state index in [-0.39, 0.29) is 11.9 Å². The lowest BCUT2D eigenvalue weighted by Gasteiger charge is -2.33. The average molecular weight is 364 g/mol. The summed E-state index contributed by atoms with van der Waals surface area (Å²) in [6, 6.07) is 8.39. The molecule has 0 saturated carbocycles. The fourth-order valence-electron chi connectivity index (χ4n) is 4.36. The smallest absolute Gasteiger partial charge is 0.256 e. The minimum absolute atomic E-state index is 0.0503. The molecule has 3 aliphatic rings. The van der Waals surface area contributed by atoms with Gasteiger partial charge >= 0.3 is 0 Å². The Morgan fingerprint density at radius 1 is 1.22 bits per heavy atom. The van der Waals surface area contributed by atoms with Crippen molar-refractivity contribution in [1.29, 1.82) is 0 Å².